The molecule has 0 amide bonds. The van der Waals surface area contributed by atoms with Crippen LogP contribution >= 0.6 is 11.8 Å². The van der Waals surface area contributed by atoms with E-state index < -0.39 is 9.84 Å². The minimum atomic E-state index is -2.82. The van der Waals surface area contributed by atoms with E-state index in [1.54, 1.807) is 18.7 Å². The van der Waals surface area contributed by atoms with Crippen molar-refractivity contribution < 1.29 is 8.42 Å². The van der Waals surface area contributed by atoms with Crippen LogP contribution in [0.4, 0.5) is 0 Å². The highest BCUT2D eigenvalue weighted by Gasteiger charge is 2.07. The van der Waals surface area contributed by atoms with Crippen molar-refractivity contribution in [1.29, 1.82) is 0 Å². The standard InChI is InChI=1S/C16H27NO2S2/c1-4-11-17-14(3)15-7-9-16(10-8-15)20-12-6-13-21(18,19)5-2/h7-10,14,17H,4-6,11-13H2,1-3H3. The zero-order chi connectivity index (χ0) is 15.7. The normalized spacial score (nSPS) is 13.3. The molecule has 1 atom stereocenters. The molecule has 1 rings (SSSR count). The summed E-state index contributed by atoms with van der Waals surface area (Å²) in [7, 11) is -2.82. The van der Waals surface area contributed by atoms with E-state index in [2.05, 4.69) is 43.4 Å². The molecule has 0 bridgehead atoms. The van der Waals surface area contributed by atoms with Crippen molar-refractivity contribution in [2.75, 3.05) is 23.8 Å². The summed E-state index contributed by atoms with van der Waals surface area (Å²) in [6.45, 7) is 7.07. The van der Waals surface area contributed by atoms with Gasteiger partial charge in [-0.15, -0.1) is 11.8 Å². The molecule has 1 aromatic rings. The number of hydrogen-bond donors (Lipinski definition) is 1. The highest BCUT2D eigenvalue weighted by molar-refractivity contribution is 7.99. The molecule has 5 heteroatoms. The first kappa shape index (κ1) is 18.5. The van der Waals surface area contributed by atoms with Crippen LogP contribution in [0.15, 0.2) is 29.2 Å². The second-order valence-corrected chi connectivity index (χ2v) is 8.82. The third-order valence-electron chi connectivity index (χ3n) is 3.39. The van der Waals surface area contributed by atoms with Crippen LogP contribution < -0.4 is 5.32 Å². The molecule has 3 nitrogen and oxygen atoms in total. The van der Waals surface area contributed by atoms with E-state index in [-0.39, 0.29) is 5.75 Å². The third-order valence-corrected chi connectivity index (χ3v) is 6.28. The van der Waals surface area contributed by atoms with Gasteiger partial charge in [-0.25, -0.2) is 8.42 Å². The van der Waals surface area contributed by atoms with Gasteiger partial charge >= 0.3 is 0 Å². The van der Waals surface area contributed by atoms with Crippen LogP contribution in [0.2, 0.25) is 0 Å². The Morgan fingerprint density at radius 2 is 1.86 bits per heavy atom. The summed E-state index contributed by atoms with van der Waals surface area (Å²) in [6.07, 6.45) is 1.86. The summed E-state index contributed by atoms with van der Waals surface area (Å²) in [6, 6.07) is 8.92. The van der Waals surface area contributed by atoms with Crippen LogP contribution in [-0.4, -0.2) is 32.2 Å². The summed E-state index contributed by atoms with van der Waals surface area (Å²) in [5, 5.41) is 3.47. The van der Waals surface area contributed by atoms with Gasteiger partial charge in [0.2, 0.25) is 0 Å². The Balaban J connectivity index is 2.37. The van der Waals surface area contributed by atoms with Crippen molar-refractivity contribution in [2.45, 2.75) is 44.6 Å². The topological polar surface area (TPSA) is 46.2 Å². The molecule has 1 aromatic carbocycles. The van der Waals surface area contributed by atoms with E-state index in [1.807, 2.05) is 0 Å². The lowest BCUT2D eigenvalue weighted by atomic mass is 10.1. The van der Waals surface area contributed by atoms with Crippen LogP contribution in [0.5, 0.6) is 0 Å². The Morgan fingerprint density at radius 1 is 1.19 bits per heavy atom. The lowest BCUT2D eigenvalue weighted by Crippen LogP contribution is -2.19. The fraction of sp³-hybridized carbons (Fsp3) is 0.625. The molecule has 0 saturated carbocycles. The maximum atomic E-state index is 11.4. The molecule has 1 unspecified atom stereocenters. The van der Waals surface area contributed by atoms with Gasteiger partial charge in [-0.3, -0.25) is 0 Å². The molecule has 0 heterocycles. The second kappa shape index (κ2) is 9.49. The van der Waals surface area contributed by atoms with E-state index in [4.69, 9.17) is 0 Å². The lowest BCUT2D eigenvalue weighted by Gasteiger charge is -2.14. The minimum Gasteiger partial charge on any atom is -0.310 e. The first-order valence-corrected chi connectivity index (χ1v) is 10.5. The molecule has 0 radical (unpaired) electrons. The van der Waals surface area contributed by atoms with Crippen molar-refractivity contribution in [3.8, 4) is 0 Å². The van der Waals surface area contributed by atoms with Gasteiger partial charge in [-0.1, -0.05) is 26.0 Å². The smallest absolute Gasteiger partial charge is 0.150 e. The maximum Gasteiger partial charge on any atom is 0.150 e. The number of sulfone groups is 1. The predicted octanol–water partition coefficient (Wildman–Crippen LogP) is 3.66. The van der Waals surface area contributed by atoms with Gasteiger partial charge in [0.25, 0.3) is 0 Å². The van der Waals surface area contributed by atoms with Gasteiger partial charge in [0.15, 0.2) is 0 Å². The van der Waals surface area contributed by atoms with E-state index >= 15 is 0 Å². The number of benzene rings is 1. The summed E-state index contributed by atoms with van der Waals surface area (Å²) in [5.74, 6) is 1.39. The predicted molar refractivity (Wildman–Crippen MR) is 92.8 cm³/mol. The average Bonchev–Trinajstić information content (AvgIpc) is 2.50. The maximum absolute atomic E-state index is 11.4. The molecular weight excluding hydrogens is 302 g/mol. The molecule has 120 valence electrons. The fourth-order valence-corrected chi connectivity index (χ4v) is 3.85. The van der Waals surface area contributed by atoms with Crippen molar-refractivity contribution in [3.05, 3.63) is 29.8 Å². The van der Waals surface area contributed by atoms with Crippen molar-refractivity contribution in [2.24, 2.45) is 0 Å². The molecule has 1 N–H and O–H groups in total. The summed E-state index contributed by atoms with van der Waals surface area (Å²) >= 11 is 1.73. The van der Waals surface area contributed by atoms with Gasteiger partial charge < -0.3 is 5.32 Å². The molecule has 0 spiro atoms. The highest BCUT2D eigenvalue weighted by Crippen LogP contribution is 2.22. The van der Waals surface area contributed by atoms with E-state index in [0.717, 1.165) is 25.1 Å². The SMILES string of the molecule is CCCNC(C)c1ccc(SCCCS(=O)(=O)CC)cc1. The first-order valence-electron chi connectivity index (χ1n) is 7.65. The largest absolute Gasteiger partial charge is 0.310 e. The van der Waals surface area contributed by atoms with Crippen molar-refractivity contribution in [1.82, 2.24) is 5.32 Å². The summed E-state index contributed by atoms with van der Waals surface area (Å²) < 4.78 is 22.8. The van der Waals surface area contributed by atoms with Crippen LogP contribution in [0, 0.1) is 0 Å². The number of thioether (sulfide) groups is 1. The molecule has 0 aliphatic carbocycles. The van der Waals surface area contributed by atoms with Gasteiger partial charge in [-0.2, -0.15) is 0 Å². The summed E-state index contributed by atoms with van der Waals surface area (Å²) in [4.78, 5) is 1.20. The number of hydrogen-bond acceptors (Lipinski definition) is 4. The van der Waals surface area contributed by atoms with Crippen molar-refractivity contribution >= 4 is 21.6 Å². The quantitative estimate of drug-likeness (QED) is 0.525. The molecule has 0 fully saturated rings. The Morgan fingerprint density at radius 3 is 2.43 bits per heavy atom. The summed E-state index contributed by atoms with van der Waals surface area (Å²) in [5.41, 5.74) is 1.29. The Hall–Kier alpha value is -0.520. The zero-order valence-electron chi connectivity index (χ0n) is 13.3. The Bertz CT molecular complexity index is 498. The number of nitrogens with one attached hydrogen (secondary N) is 1. The Labute approximate surface area is 133 Å². The minimum absolute atomic E-state index is 0.245. The van der Waals surface area contributed by atoms with Gasteiger partial charge in [0.05, 0.1) is 5.75 Å². The molecule has 21 heavy (non-hydrogen) atoms. The van der Waals surface area contributed by atoms with E-state index in [0.29, 0.717) is 11.8 Å². The Kier molecular flexibility index (Phi) is 8.37. The van der Waals surface area contributed by atoms with Crippen LogP contribution in [0.1, 0.15) is 45.2 Å². The average molecular weight is 330 g/mol. The van der Waals surface area contributed by atoms with Crippen LogP contribution in [0.3, 0.4) is 0 Å². The van der Waals surface area contributed by atoms with Gasteiger partial charge in [0, 0.05) is 16.7 Å². The fourth-order valence-electron chi connectivity index (χ4n) is 1.94. The second-order valence-electron chi connectivity index (χ2n) is 5.18. The first-order chi connectivity index (χ1) is 9.98. The third kappa shape index (κ3) is 7.34. The highest BCUT2D eigenvalue weighted by atomic mass is 32.2. The molecule has 0 saturated heterocycles. The van der Waals surface area contributed by atoms with Crippen LogP contribution in [0.25, 0.3) is 0 Å². The molecule has 0 aliphatic heterocycles. The van der Waals surface area contributed by atoms with Crippen molar-refractivity contribution in [3.63, 3.8) is 0 Å². The monoisotopic (exact) mass is 329 g/mol. The van der Waals surface area contributed by atoms with Gasteiger partial charge in [0.1, 0.15) is 9.84 Å². The lowest BCUT2D eigenvalue weighted by molar-refractivity contribution is 0.570. The zero-order valence-corrected chi connectivity index (χ0v) is 14.9. The molecule has 0 aliphatic rings. The van der Waals surface area contributed by atoms with E-state index in [1.165, 1.54) is 10.5 Å². The number of rotatable bonds is 10. The van der Waals surface area contributed by atoms with E-state index in [9.17, 15) is 8.42 Å². The molecule has 0 aromatic heterocycles. The molecular formula is C16H27NO2S2. The van der Waals surface area contributed by atoms with Crippen LogP contribution in [-0.2, 0) is 9.84 Å². The van der Waals surface area contributed by atoms with Gasteiger partial charge in [-0.05, 0) is 49.8 Å².